The summed E-state index contributed by atoms with van der Waals surface area (Å²) >= 11 is 0. The van der Waals surface area contributed by atoms with Gasteiger partial charge in [-0.05, 0) is 17.5 Å². The molecule has 0 bridgehead atoms. The quantitative estimate of drug-likeness (QED) is 0.647. The number of benzene rings is 1. The van der Waals surface area contributed by atoms with Crippen molar-refractivity contribution in [1.82, 2.24) is 9.38 Å². The van der Waals surface area contributed by atoms with Gasteiger partial charge in [-0.25, -0.2) is 4.98 Å². The summed E-state index contributed by atoms with van der Waals surface area (Å²) in [7, 11) is 1.63. The minimum absolute atomic E-state index is 0.0400. The molecule has 0 fully saturated rings. The first kappa shape index (κ1) is 10.8. The molecule has 0 amide bonds. The highest BCUT2D eigenvalue weighted by atomic mass is 16.5. The van der Waals surface area contributed by atoms with Crippen molar-refractivity contribution in [2.75, 3.05) is 7.11 Å². The number of pyridine rings is 1. The first-order valence-electron chi connectivity index (χ1n) is 5.66. The van der Waals surface area contributed by atoms with Crippen molar-refractivity contribution < 1.29 is 9.53 Å². The van der Waals surface area contributed by atoms with Gasteiger partial charge in [0.15, 0.2) is 5.78 Å². The lowest BCUT2D eigenvalue weighted by atomic mass is 10.1. The van der Waals surface area contributed by atoms with E-state index in [4.69, 9.17) is 4.74 Å². The Morgan fingerprint density at radius 1 is 1.33 bits per heavy atom. The number of Topliss-reactive ketones (excluding diaryl/α,β-unsaturated/α-hetero) is 1. The molecule has 2 heterocycles. The van der Waals surface area contributed by atoms with E-state index >= 15 is 0 Å². The second-order valence-corrected chi connectivity index (χ2v) is 4.15. The van der Waals surface area contributed by atoms with Gasteiger partial charge in [-0.2, -0.15) is 0 Å². The third-order valence-corrected chi connectivity index (χ3v) is 3.01. The number of rotatable bonds is 2. The molecule has 0 aliphatic rings. The normalized spacial score (nSPS) is 11.0. The van der Waals surface area contributed by atoms with E-state index in [2.05, 4.69) is 4.98 Å². The van der Waals surface area contributed by atoms with Gasteiger partial charge in [0, 0.05) is 19.3 Å². The smallest absolute Gasteiger partial charge is 0.179 e. The minimum atomic E-state index is -0.0400. The predicted molar refractivity (Wildman–Crippen MR) is 69.3 cm³/mol. The molecule has 1 aromatic carbocycles. The number of imidazole rings is 1. The molecule has 2 aromatic heterocycles. The van der Waals surface area contributed by atoms with Crippen LogP contribution < -0.4 is 4.74 Å². The van der Waals surface area contributed by atoms with Gasteiger partial charge in [0.05, 0.1) is 12.5 Å². The topological polar surface area (TPSA) is 43.6 Å². The average molecular weight is 240 g/mol. The van der Waals surface area contributed by atoms with Crippen LogP contribution in [0.5, 0.6) is 5.75 Å². The van der Waals surface area contributed by atoms with Crippen LogP contribution >= 0.6 is 0 Å². The van der Waals surface area contributed by atoms with Crippen molar-refractivity contribution in [3.63, 3.8) is 0 Å². The van der Waals surface area contributed by atoms with Gasteiger partial charge in [-0.1, -0.05) is 12.1 Å². The van der Waals surface area contributed by atoms with E-state index in [-0.39, 0.29) is 5.78 Å². The van der Waals surface area contributed by atoms with E-state index in [0.29, 0.717) is 5.69 Å². The number of methoxy groups -OCH3 is 1. The van der Waals surface area contributed by atoms with Crippen molar-refractivity contribution >= 4 is 22.2 Å². The Bertz CT molecular complexity index is 759. The number of carbonyl (C=O) groups excluding carboxylic acids is 1. The lowest BCUT2D eigenvalue weighted by Crippen LogP contribution is -1.90. The number of hydrogen-bond acceptors (Lipinski definition) is 3. The number of carbonyl (C=O) groups is 1. The van der Waals surface area contributed by atoms with Crippen molar-refractivity contribution in [2.24, 2.45) is 0 Å². The van der Waals surface area contributed by atoms with Gasteiger partial charge in [-0.3, -0.25) is 4.79 Å². The van der Waals surface area contributed by atoms with Crippen LogP contribution in [0.4, 0.5) is 0 Å². The maximum atomic E-state index is 11.4. The monoisotopic (exact) mass is 240 g/mol. The highest BCUT2D eigenvalue weighted by Crippen LogP contribution is 2.29. The second kappa shape index (κ2) is 3.84. The minimum Gasteiger partial charge on any atom is -0.496 e. The van der Waals surface area contributed by atoms with Crippen LogP contribution in [0, 0.1) is 0 Å². The lowest BCUT2D eigenvalue weighted by molar-refractivity contribution is 0.101. The van der Waals surface area contributed by atoms with E-state index in [9.17, 15) is 4.79 Å². The molecule has 0 N–H and O–H groups in total. The zero-order chi connectivity index (χ0) is 12.7. The number of aromatic nitrogens is 2. The van der Waals surface area contributed by atoms with E-state index < -0.39 is 0 Å². The van der Waals surface area contributed by atoms with Crippen molar-refractivity contribution in [3.05, 3.63) is 42.4 Å². The molecule has 0 aliphatic heterocycles. The fourth-order valence-electron chi connectivity index (χ4n) is 2.12. The van der Waals surface area contributed by atoms with Crippen LogP contribution in [0.2, 0.25) is 0 Å². The predicted octanol–water partition coefficient (Wildman–Crippen LogP) is 2.70. The summed E-state index contributed by atoms with van der Waals surface area (Å²) in [6.45, 7) is 1.52. The SMILES string of the molecule is COc1cccc2ccn3cc(C(C)=O)nc3c12. The molecule has 90 valence electrons. The molecular weight excluding hydrogens is 228 g/mol. The summed E-state index contributed by atoms with van der Waals surface area (Å²) in [4.78, 5) is 15.8. The van der Waals surface area contributed by atoms with Gasteiger partial charge >= 0.3 is 0 Å². The Balaban J connectivity index is 2.47. The Hall–Kier alpha value is -2.36. The van der Waals surface area contributed by atoms with E-state index in [1.807, 2.05) is 34.9 Å². The first-order chi connectivity index (χ1) is 8.70. The van der Waals surface area contributed by atoms with Crippen molar-refractivity contribution in [1.29, 1.82) is 0 Å². The van der Waals surface area contributed by atoms with Gasteiger partial charge in [0.25, 0.3) is 0 Å². The first-order valence-corrected chi connectivity index (χ1v) is 5.66. The number of nitrogens with zero attached hydrogens (tertiary/aromatic N) is 2. The Morgan fingerprint density at radius 2 is 2.17 bits per heavy atom. The Labute approximate surface area is 104 Å². The van der Waals surface area contributed by atoms with E-state index in [1.165, 1.54) is 6.92 Å². The van der Waals surface area contributed by atoms with Gasteiger partial charge in [0.2, 0.25) is 0 Å². The van der Waals surface area contributed by atoms with Gasteiger partial charge in [-0.15, -0.1) is 0 Å². The molecule has 0 spiro atoms. The molecule has 0 unspecified atom stereocenters. The van der Waals surface area contributed by atoms with E-state index in [1.54, 1.807) is 13.3 Å². The van der Waals surface area contributed by atoms with Crippen LogP contribution in [0.1, 0.15) is 17.4 Å². The van der Waals surface area contributed by atoms with Crippen LogP contribution in [-0.4, -0.2) is 22.3 Å². The van der Waals surface area contributed by atoms with Gasteiger partial charge in [0.1, 0.15) is 17.1 Å². The van der Waals surface area contributed by atoms with E-state index in [0.717, 1.165) is 22.2 Å². The molecule has 0 radical (unpaired) electrons. The zero-order valence-electron chi connectivity index (χ0n) is 10.2. The average Bonchev–Trinajstić information content (AvgIpc) is 2.82. The van der Waals surface area contributed by atoms with Crippen LogP contribution in [-0.2, 0) is 0 Å². The fourth-order valence-corrected chi connectivity index (χ4v) is 2.12. The number of fused-ring (bicyclic) bond motifs is 3. The Kier molecular flexibility index (Phi) is 2.30. The second-order valence-electron chi connectivity index (χ2n) is 4.15. The molecule has 0 atom stereocenters. The Morgan fingerprint density at radius 3 is 2.89 bits per heavy atom. The molecule has 0 saturated carbocycles. The third-order valence-electron chi connectivity index (χ3n) is 3.01. The van der Waals surface area contributed by atoms with Crippen LogP contribution in [0.25, 0.3) is 16.4 Å². The summed E-state index contributed by atoms with van der Waals surface area (Å²) in [6, 6.07) is 7.81. The number of ketones is 1. The van der Waals surface area contributed by atoms with Crippen molar-refractivity contribution in [2.45, 2.75) is 6.92 Å². The summed E-state index contributed by atoms with van der Waals surface area (Å²) in [5.41, 5.74) is 1.21. The highest BCUT2D eigenvalue weighted by Gasteiger charge is 2.11. The zero-order valence-corrected chi connectivity index (χ0v) is 10.2. The standard InChI is InChI=1S/C14H12N2O2/c1-9(17)11-8-16-7-6-10-4-3-5-12(18-2)13(10)14(16)15-11/h3-8H,1-2H3. The third kappa shape index (κ3) is 1.46. The molecule has 3 aromatic rings. The largest absolute Gasteiger partial charge is 0.496 e. The number of ether oxygens (including phenoxy) is 1. The lowest BCUT2D eigenvalue weighted by Gasteiger charge is -2.06. The highest BCUT2D eigenvalue weighted by molar-refractivity contribution is 6.01. The summed E-state index contributed by atoms with van der Waals surface area (Å²) in [5, 5.41) is 1.97. The molecule has 4 nitrogen and oxygen atoms in total. The molecule has 0 aliphatic carbocycles. The molecule has 3 rings (SSSR count). The maximum Gasteiger partial charge on any atom is 0.179 e. The van der Waals surface area contributed by atoms with Crippen LogP contribution in [0.3, 0.4) is 0 Å². The molecular formula is C14H12N2O2. The maximum absolute atomic E-state index is 11.4. The summed E-state index contributed by atoms with van der Waals surface area (Å²) in [5.74, 6) is 0.723. The van der Waals surface area contributed by atoms with Gasteiger partial charge < -0.3 is 9.14 Å². The molecule has 0 saturated heterocycles. The number of hydrogen-bond donors (Lipinski definition) is 0. The molecule has 18 heavy (non-hydrogen) atoms. The summed E-state index contributed by atoms with van der Waals surface area (Å²) in [6.07, 6.45) is 3.64. The van der Waals surface area contributed by atoms with Crippen molar-refractivity contribution in [3.8, 4) is 5.75 Å². The fraction of sp³-hybridized carbons (Fsp3) is 0.143. The summed E-state index contributed by atoms with van der Waals surface area (Å²) < 4.78 is 7.22. The van der Waals surface area contributed by atoms with Crippen LogP contribution in [0.15, 0.2) is 36.7 Å². The molecule has 4 heteroatoms.